The van der Waals surface area contributed by atoms with Gasteiger partial charge in [0.1, 0.15) is 0 Å². The van der Waals surface area contributed by atoms with Crippen molar-refractivity contribution in [3.8, 4) is 0 Å². The summed E-state index contributed by atoms with van der Waals surface area (Å²) in [5.41, 5.74) is 1.26. The standard InChI is InChI=1S/C18H29ClN2/c1-13(2)10-21-11-16-5-4-14(3)8-17(16)9-15-6-7-20-12-18(15)19/h6-7,12-14,16-17,21H,4-5,8-11H2,1-3H3. The third kappa shape index (κ3) is 5.27. The molecule has 0 aliphatic heterocycles. The highest BCUT2D eigenvalue weighted by molar-refractivity contribution is 6.31. The minimum Gasteiger partial charge on any atom is -0.316 e. The number of halogens is 1. The highest BCUT2D eigenvalue weighted by Gasteiger charge is 2.28. The van der Waals surface area contributed by atoms with E-state index in [4.69, 9.17) is 11.6 Å². The van der Waals surface area contributed by atoms with E-state index in [-0.39, 0.29) is 0 Å². The molecule has 0 spiro atoms. The fourth-order valence-electron chi connectivity index (χ4n) is 3.49. The number of aromatic nitrogens is 1. The van der Waals surface area contributed by atoms with E-state index < -0.39 is 0 Å². The summed E-state index contributed by atoms with van der Waals surface area (Å²) in [6, 6.07) is 2.08. The predicted octanol–water partition coefficient (Wildman–Crippen LogP) is 4.58. The third-order valence-corrected chi connectivity index (χ3v) is 5.04. The summed E-state index contributed by atoms with van der Waals surface area (Å²) < 4.78 is 0. The molecule has 3 heteroatoms. The summed E-state index contributed by atoms with van der Waals surface area (Å²) in [6.07, 6.45) is 8.77. The van der Waals surface area contributed by atoms with E-state index in [2.05, 4.69) is 37.1 Å². The van der Waals surface area contributed by atoms with Gasteiger partial charge < -0.3 is 5.32 Å². The van der Waals surface area contributed by atoms with Crippen LogP contribution in [0.15, 0.2) is 18.5 Å². The van der Waals surface area contributed by atoms with Crippen molar-refractivity contribution in [3.05, 3.63) is 29.0 Å². The summed E-state index contributed by atoms with van der Waals surface area (Å²) in [4.78, 5) is 4.10. The monoisotopic (exact) mass is 308 g/mol. The molecular weight excluding hydrogens is 280 g/mol. The molecule has 0 aromatic carbocycles. The van der Waals surface area contributed by atoms with Crippen LogP contribution in [0.4, 0.5) is 0 Å². The van der Waals surface area contributed by atoms with E-state index >= 15 is 0 Å². The minimum atomic E-state index is 0.723. The van der Waals surface area contributed by atoms with Crippen LogP contribution in [0.1, 0.15) is 45.6 Å². The lowest BCUT2D eigenvalue weighted by Gasteiger charge is -2.35. The molecule has 1 aromatic rings. The van der Waals surface area contributed by atoms with Gasteiger partial charge in [-0.3, -0.25) is 4.98 Å². The Kier molecular flexibility index (Phi) is 6.50. The second kappa shape index (κ2) is 8.14. The first-order valence-corrected chi connectivity index (χ1v) is 8.73. The maximum Gasteiger partial charge on any atom is 0.0621 e. The van der Waals surface area contributed by atoms with Crippen molar-refractivity contribution in [2.24, 2.45) is 23.7 Å². The molecular formula is C18H29ClN2. The second-order valence-electron chi connectivity index (χ2n) is 7.16. The van der Waals surface area contributed by atoms with Crippen molar-refractivity contribution >= 4 is 11.6 Å². The van der Waals surface area contributed by atoms with Crippen molar-refractivity contribution in [1.82, 2.24) is 10.3 Å². The van der Waals surface area contributed by atoms with Crippen LogP contribution in [0.3, 0.4) is 0 Å². The average molecular weight is 309 g/mol. The average Bonchev–Trinajstić information content (AvgIpc) is 2.43. The first-order valence-electron chi connectivity index (χ1n) is 8.35. The van der Waals surface area contributed by atoms with Crippen LogP contribution in [0.5, 0.6) is 0 Å². The fourth-order valence-corrected chi connectivity index (χ4v) is 3.69. The van der Waals surface area contributed by atoms with Gasteiger partial charge in [0.05, 0.1) is 5.02 Å². The lowest BCUT2D eigenvalue weighted by molar-refractivity contribution is 0.182. The highest BCUT2D eigenvalue weighted by atomic mass is 35.5. The van der Waals surface area contributed by atoms with Gasteiger partial charge in [-0.15, -0.1) is 0 Å². The maximum atomic E-state index is 6.30. The molecule has 1 aliphatic rings. The quantitative estimate of drug-likeness (QED) is 0.832. The van der Waals surface area contributed by atoms with E-state index in [1.807, 2.05) is 6.20 Å². The Hall–Kier alpha value is -0.600. The van der Waals surface area contributed by atoms with Crippen molar-refractivity contribution < 1.29 is 0 Å². The molecule has 21 heavy (non-hydrogen) atoms. The van der Waals surface area contributed by atoms with Crippen molar-refractivity contribution in [1.29, 1.82) is 0 Å². The zero-order valence-corrected chi connectivity index (χ0v) is 14.4. The molecule has 2 rings (SSSR count). The molecule has 0 amide bonds. The number of rotatable bonds is 6. The molecule has 1 N–H and O–H groups in total. The van der Waals surface area contributed by atoms with Gasteiger partial charge in [0, 0.05) is 12.4 Å². The van der Waals surface area contributed by atoms with Crippen LogP contribution in [0, 0.1) is 23.7 Å². The molecule has 3 atom stereocenters. The predicted molar refractivity (Wildman–Crippen MR) is 90.7 cm³/mol. The topological polar surface area (TPSA) is 24.9 Å². The van der Waals surface area contributed by atoms with Gasteiger partial charge in [-0.2, -0.15) is 0 Å². The molecule has 1 heterocycles. The number of hydrogen-bond donors (Lipinski definition) is 1. The van der Waals surface area contributed by atoms with E-state index in [0.717, 1.165) is 48.2 Å². The van der Waals surface area contributed by atoms with E-state index in [1.165, 1.54) is 24.8 Å². The number of nitrogens with zero attached hydrogens (tertiary/aromatic N) is 1. The number of pyridine rings is 1. The molecule has 2 nitrogen and oxygen atoms in total. The van der Waals surface area contributed by atoms with Gasteiger partial charge in [-0.25, -0.2) is 0 Å². The summed E-state index contributed by atoms with van der Waals surface area (Å²) in [5, 5.41) is 4.48. The molecule has 0 saturated heterocycles. The maximum absolute atomic E-state index is 6.30. The zero-order chi connectivity index (χ0) is 15.2. The summed E-state index contributed by atoms with van der Waals surface area (Å²) >= 11 is 6.30. The van der Waals surface area contributed by atoms with Gasteiger partial charge in [0.15, 0.2) is 0 Å². The van der Waals surface area contributed by atoms with Gasteiger partial charge in [0.2, 0.25) is 0 Å². The van der Waals surface area contributed by atoms with Gasteiger partial charge in [-0.1, -0.05) is 38.8 Å². The Balaban J connectivity index is 1.96. The molecule has 118 valence electrons. The largest absolute Gasteiger partial charge is 0.316 e. The number of nitrogens with one attached hydrogen (secondary N) is 1. The Morgan fingerprint density at radius 2 is 2.14 bits per heavy atom. The molecule has 0 radical (unpaired) electrons. The van der Waals surface area contributed by atoms with Crippen LogP contribution in [-0.4, -0.2) is 18.1 Å². The van der Waals surface area contributed by atoms with Crippen molar-refractivity contribution in [2.75, 3.05) is 13.1 Å². The smallest absolute Gasteiger partial charge is 0.0621 e. The van der Waals surface area contributed by atoms with E-state index in [9.17, 15) is 0 Å². The highest BCUT2D eigenvalue weighted by Crippen LogP contribution is 2.36. The SMILES string of the molecule is CC(C)CNCC1CCC(C)CC1Cc1ccncc1Cl. The van der Waals surface area contributed by atoms with Gasteiger partial charge in [-0.05, 0) is 67.7 Å². The summed E-state index contributed by atoms with van der Waals surface area (Å²) in [6.45, 7) is 9.19. The Morgan fingerprint density at radius 3 is 2.86 bits per heavy atom. The van der Waals surface area contributed by atoms with E-state index in [1.54, 1.807) is 6.20 Å². The zero-order valence-electron chi connectivity index (χ0n) is 13.6. The Morgan fingerprint density at radius 1 is 1.33 bits per heavy atom. The molecule has 1 fully saturated rings. The molecule has 0 bridgehead atoms. The Bertz CT molecular complexity index is 433. The minimum absolute atomic E-state index is 0.723. The van der Waals surface area contributed by atoms with Crippen LogP contribution in [0.25, 0.3) is 0 Å². The number of hydrogen-bond acceptors (Lipinski definition) is 2. The third-order valence-electron chi connectivity index (χ3n) is 4.70. The van der Waals surface area contributed by atoms with Crippen molar-refractivity contribution in [3.63, 3.8) is 0 Å². The van der Waals surface area contributed by atoms with Crippen LogP contribution in [0.2, 0.25) is 5.02 Å². The van der Waals surface area contributed by atoms with Gasteiger partial charge >= 0.3 is 0 Å². The van der Waals surface area contributed by atoms with Crippen LogP contribution >= 0.6 is 11.6 Å². The first kappa shape index (κ1) is 16.8. The van der Waals surface area contributed by atoms with Crippen molar-refractivity contribution in [2.45, 2.75) is 46.5 Å². The molecule has 1 aliphatic carbocycles. The fraction of sp³-hybridized carbons (Fsp3) is 0.722. The first-order chi connectivity index (χ1) is 10.1. The summed E-state index contributed by atoms with van der Waals surface area (Å²) in [7, 11) is 0. The molecule has 3 unspecified atom stereocenters. The van der Waals surface area contributed by atoms with Gasteiger partial charge in [0.25, 0.3) is 0 Å². The van der Waals surface area contributed by atoms with Crippen LogP contribution in [-0.2, 0) is 6.42 Å². The van der Waals surface area contributed by atoms with Crippen LogP contribution < -0.4 is 5.32 Å². The second-order valence-corrected chi connectivity index (χ2v) is 7.57. The summed E-state index contributed by atoms with van der Waals surface area (Å²) in [5.74, 6) is 3.09. The van der Waals surface area contributed by atoms with E-state index in [0.29, 0.717) is 0 Å². The lowest BCUT2D eigenvalue weighted by Crippen LogP contribution is -2.35. The lowest BCUT2D eigenvalue weighted by atomic mass is 9.72. The normalized spacial score (nSPS) is 26.2. The Labute approximate surface area is 134 Å². The molecule has 1 aromatic heterocycles. The molecule has 1 saturated carbocycles.